The minimum Gasteiger partial charge on any atom is -0.175 e. The molecule has 0 aromatic heterocycles. The van der Waals surface area contributed by atoms with E-state index in [4.69, 9.17) is 0 Å². The SMILES string of the molecule is CC1(C)c2ccccc2-c2ccc(C=CCS)cc21. The van der Waals surface area contributed by atoms with E-state index in [1.807, 2.05) is 0 Å². The van der Waals surface area contributed by atoms with Crippen LogP contribution in [0.3, 0.4) is 0 Å². The maximum absolute atomic E-state index is 4.22. The average molecular weight is 266 g/mol. The Morgan fingerprint density at radius 3 is 2.53 bits per heavy atom. The zero-order chi connectivity index (χ0) is 13.5. The smallest absolute Gasteiger partial charge is 0.0159 e. The lowest BCUT2D eigenvalue weighted by atomic mass is 9.82. The number of thiol groups is 1. The molecule has 2 aromatic carbocycles. The second-order valence-electron chi connectivity index (χ2n) is 5.56. The third-order valence-corrected chi connectivity index (χ3v) is 4.23. The summed E-state index contributed by atoms with van der Waals surface area (Å²) in [6.45, 7) is 4.62. The van der Waals surface area contributed by atoms with Gasteiger partial charge < -0.3 is 0 Å². The second-order valence-corrected chi connectivity index (χ2v) is 5.93. The molecule has 0 spiro atoms. The number of fused-ring (bicyclic) bond motifs is 3. The number of hydrogen-bond acceptors (Lipinski definition) is 1. The molecule has 0 radical (unpaired) electrons. The highest BCUT2D eigenvalue weighted by Crippen LogP contribution is 2.48. The first-order valence-corrected chi connectivity index (χ1v) is 7.29. The first-order valence-electron chi connectivity index (χ1n) is 6.66. The monoisotopic (exact) mass is 266 g/mol. The molecule has 96 valence electrons. The number of benzene rings is 2. The summed E-state index contributed by atoms with van der Waals surface area (Å²) in [6, 6.07) is 15.5. The fourth-order valence-electron chi connectivity index (χ4n) is 3.01. The van der Waals surface area contributed by atoms with Crippen LogP contribution in [0.2, 0.25) is 0 Å². The van der Waals surface area contributed by atoms with Gasteiger partial charge in [-0.25, -0.2) is 0 Å². The van der Waals surface area contributed by atoms with E-state index in [-0.39, 0.29) is 5.41 Å². The van der Waals surface area contributed by atoms with Crippen LogP contribution in [0.15, 0.2) is 48.5 Å². The first kappa shape index (κ1) is 12.6. The Balaban J connectivity index is 2.18. The zero-order valence-corrected chi connectivity index (χ0v) is 12.2. The van der Waals surface area contributed by atoms with Gasteiger partial charge in [0.2, 0.25) is 0 Å². The lowest BCUT2D eigenvalue weighted by molar-refractivity contribution is 0.660. The average Bonchev–Trinajstić information content (AvgIpc) is 2.66. The van der Waals surface area contributed by atoms with Crippen molar-refractivity contribution in [2.45, 2.75) is 19.3 Å². The van der Waals surface area contributed by atoms with Gasteiger partial charge in [0.1, 0.15) is 0 Å². The summed E-state index contributed by atoms with van der Waals surface area (Å²) in [7, 11) is 0. The van der Waals surface area contributed by atoms with Crippen molar-refractivity contribution in [1.82, 2.24) is 0 Å². The Hall–Kier alpha value is -1.47. The molecule has 1 aliphatic rings. The van der Waals surface area contributed by atoms with E-state index < -0.39 is 0 Å². The van der Waals surface area contributed by atoms with E-state index in [9.17, 15) is 0 Å². The molecule has 0 fully saturated rings. The van der Waals surface area contributed by atoms with Gasteiger partial charge in [0, 0.05) is 11.2 Å². The summed E-state index contributed by atoms with van der Waals surface area (Å²) in [5.74, 6) is 0.778. The van der Waals surface area contributed by atoms with E-state index >= 15 is 0 Å². The van der Waals surface area contributed by atoms with Gasteiger partial charge in [0.05, 0.1) is 0 Å². The highest BCUT2D eigenvalue weighted by molar-refractivity contribution is 7.80. The van der Waals surface area contributed by atoms with Crippen molar-refractivity contribution in [1.29, 1.82) is 0 Å². The summed E-state index contributed by atoms with van der Waals surface area (Å²) in [5, 5.41) is 0. The Bertz CT molecular complexity index is 650. The Labute approximate surface area is 120 Å². The van der Waals surface area contributed by atoms with Gasteiger partial charge in [-0.1, -0.05) is 68.5 Å². The fraction of sp³-hybridized carbons (Fsp3) is 0.222. The van der Waals surface area contributed by atoms with E-state index in [2.05, 4.69) is 81.1 Å². The van der Waals surface area contributed by atoms with Crippen molar-refractivity contribution in [3.8, 4) is 11.1 Å². The molecule has 19 heavy (non-hydrogen) atoms. The molecule has 0 aliphatic heterocycles. The highest BCUT2D eigenvalue weighted by atomic mass is 32.1. The Kier molecular flexibility index (Phi) is 3.02. The quantitative estimate of drug-likeness (QED) is 0.732. The van der Waals surface area contributed by atoms with Crippen LogP contribution in [0.25, 0.3) is 17.2 Å². The molecule has 0 atom stereocenters. The highest BCUT2D eigenvalue weighted by Gasteiger charge is 2.34. The van der Waals surface area contributed by atoms with Crippen LogP contribution in [0, 0.1) is 0 Å². The van der Waals surface area contributed by atoms with Crippen molar-refractivity contribution < 1.29 is 0 Å². The summed E-state index contributed by atoms with van der Waals surface area (Å²) < 4.78 is 0. The third-order valence-electron chi connectivity index (χ3n) is 4.02. The molecule has 1 aliphatic carbocycles. The van der Waals surface area contributed by atoms with Gasteiger partial charge >= 0.3 is 0 Å². The maximum Gasteiger partial charge on any atom is 0.0159 e. The molecular weight excluding hydrogens is 248 g/mol. The molecule has 0 N–H and O–H groups in total. The lowest BCUT2D eigenvalue weighted by Gasteiger charge is -2.21. The molecular formula is C18H18S. The Morgan fingerprint density at radius 2 is 1.74 bits per heavy atom. The standard InChI is InChI=1S/C18H18S/c1-18(2)16-8-4-3-7-14(16)15-10-9-13(6-5-11-19)12-17(15)18/h3-10,12,19H,11H2,1-2H3. The van der Waals surface area contributed by atoms with Crippen molar-refractivity contribution in [2.24, 2.45) is 0 Å². The minimum atomic E-state index is 0.0940. The van der Waals surface area contributed by atoms with E-state index in [0.717, 1.165) is 5.75 Å². The molecule has 0 amide bonds. The summed E-state index contributed by atoms with van der Waals surface area (Å²) in [4.78, 5) is 0. The lowest BCUT2D eigenvalue weighted by Crippen LogP contribution is -2.14. The maximum atomic E-state index is 4.22. The van der Waals surface area contributed by atoms with Gasteiger partial charge in [0.25, 0.3) is 0 Å². The second kappa shape index (κ2) is 4.57. The Morgan fingerprint density at radius 1 is 1.00 bits per heavy atom. The van der Waals surface area contributed by atoms with Gasteiger partial charge in [-0.3, -0.25) is 0 Å². The summed E-state index contributed by atoms with van der Waals surface area (Å²) >= 11 is 4.22. The first-order chi connectivity index (χ1) is 9.14. The van der Waals surface area contributed by atoms with E-state index in [0.29, 0.717) is 0 Å². The molecule has 0 saturated heterocycles. The van der Waals surface area contributed by atoms with Crippen molar-refractivity contribution in [3.05, 3.63) is 65.2 Å². The van der Waals surface area contributed by atoms with Gasteiger partial charge in [-0.2, -0.15) is 12.6 Å². The molecule has 0 heterocycles. The molecule has 0 nitrogen and oxygen atoms in total. The predicted octanol–water partition coefficient (Wildman–Crippen LogP) is 4.94. The van der Waals surface area contributed by atoms with Gasteiger partial charge in [-0.15, -0.1) is 0 Å². The predicted molar refractivity (Wildman–Crippen MR) is 86.9 cm³/mol. The summed E-state index contributed by atoms with van der Waals surface area (Å²) in [5.41, 5.74) is 6.97. The van der Waals surface area contributed by atoms with E-state index in [1.54, 1.807) is 0 Å². The van der Waals surface area contributed by atoms with Crippen molar-refractivity contribution in [2.75, 3.05) is 5.75 Å². The van der Waals surface area contributed by atoms with Crippen LogP contribution >= 0.6 is 12.6 Å². The molecule has 1 heteroatoms. The van der Waals surface area contributed by atoms with Crippen LogP contribution in [-0.2, 0) is 5.41 Å². The largest absolute Gasteiger partial charge is 0.175 e. The topological polar surface area (TPSA) is 0 Å². The third kappa shape index (κ3) is 1.93. The van der Waals surface area contributed by atoms with Crippen molar-refractivity contribution >= 4 is 18.7 Å². The number of hydrogen-bond donors (Lipinski definition) is 1. The van der Waals surface area contributed by atoms with Crippen molar-refractivity contribution in [3.63, 3.8) is 0 Å². The van der Waals surface area contributed by atoms with Gasteiger partial charge in [-0.05, 0) is 27.8 Å². The molecule has 0 unspecified atom stereocenters. The van der Waals surface area contributed by atoms with Gasteiger partial charge in [0.15, 0.2) is 0 Å². The fourth-order valence-corrected chi connectivity index (χ4v) is 3.12. The molecule has 3 rings (SSSR count). The summed E-state index contributed by atoms with van der Waals surface area (Å²) in [6.07, 6.45) is 4.23. The van der Waals surface area contributed by atoms with Crippen LogP contribution in [0.4, 0.5) is 0 Å². The van der Waals surface area contributed by atoms with Crippen LogP contribution in [0.5, 0.6) is 0 Å². The van der Waals surface area contributed by atoms with Crippen LogP contribution < -0.4 is 0 Å². The normalized spacial score (nSPS) is 15.5. The molecule has 0 bridgehead atoms. The van der Waals surface area contributed by atoms with E-state index in [1.165, 1.54) is 27.8 Å². The number of rotatable bonds is 2. The molecule has 2 aromatic rings. The zero-order valence-electron chi connectivity index (χ0n) is 11.4. The van der Waals surface area contributed by atoms with Crippen LogP contribution in [0.1, 0.15) is 30.5 Å². The molecule has 0 saturated carbocycles. The van der Waals surface area contributed by atoms with Crippen LogP contribution in [-0.4, -0.2) is 5.75 Å². The minimum absolute atomic E-state index is 0.0940.